The van der Waals surface area contributed by atoms with Crippen LogP contribution in [0, 0.1) is 0 Å². The van der Waals surface area contributed by atoms with Gasteiger partial charge in [-0.1, -0.05) is 35.9 Å². The summed E-state index contributed by atoms with van der Waals surface area (Å²) in [5, 5.41) is 8.99. The van der Waals surface area contributed by atoms with Crippen molar-refractivity contribution in [3.63, 3.8) is 0 Å². The Hall–Kier alpha value is -5.30. The Bertz CT molecular complexity index is 1720. The SMILES string of the molecule is CN1CC(=O)NCCCOc2ccccc2C(=O)N[C@H](C(=O)NCCOc2ccc(Cl)cc2)CCC(=O)N2CCC[C@H]2COc2ccccc2C1=O. The number of hydrogen-bond donors (Lipinski definition) is 3. The third-order valence-electron chi connectivity index (χ3n) is 8.76. The summed E-state index contributed by atoms with van der Waals surface area (Å²) in [6.07, 6.45) is 1.94. The molecule has 0 radical (unpaired) electrons. The van der Waals surface area contributed by atoms with E-state index in [0.717, 1.165) is 6.42 Å². The number of hydrogen-bond acceptors (Lipinski definition) is 8. The number of rotatable bonds is 5. The number of amides is 5. The normalized spacial score (nSPS) is 19.5. The summed E-state index contributed by atoms with van der Waals surface area (Å²) >= 11 is 5.94. The fourth-order valence-corrected chi connectivity index (χ4v) is 6.14. The van der Waals surface area contributed by atoms with Gasteiger partial charge in [0, 0.05) is 31.6 Å². The van der Waals surface area contributed by atoms with E-state index < -0.39 is 17.9 Å². The van der Waals surface area contributed by atoms with Gasteiger partial charge >= 0.3 is 0 Å². The standard InChI is InChI=1S/C38H44ClN5O8/c1-43-24-34(45)40-19-7-22-51-32-11-4-2-9-29(32)36(47)42-31(37(48)41-20-23-50-28-15-13-26(39)14-16-28)17-18-35(46)44-21-6-8-27(44)25-52-33-12-5-3-10-30(33)38(43)49/h2-5,9-16,27,31H,6-8,17-25H2,1H3,(H,40,45)(H,41,48)(H,42,47)/t27-,31-/m0/s1. The summed E-state index contributed by atoms with van der Waals surface area (Å²) in [6.45, 7) is 1.31. The second-order valence-electron chi connectivity index (χ2n) is 12.6. The summed E-state index contributed by atoms with van der Waals surface area (Å²) in [5.74, 6) is -0.642. The molecular weight excluding hydrogens is 690 g/mol. The first-order chi connectivity index (χ1) is 25.2. The van der Waals surface area contributed by atoms with Crippen molar-refractivity contribution in [2.45, 2.75) is 44.2 Å². The molecule has 1 saturated heterocycles. The van der Waals surface area contributed by atoms with E-state index in [4.69, 9.17) is 25.8 Å². The van der Waals surface area contributed by atoms with Crippen LogP contribution in [-0.4, -0.2) is 104 Å². The quantitative estimate of drug-likeness (QED) is 0.337. The van der Waals surface area contributed by atoms with E-state index in [9.17, 15) is 24.0 Å². The molecule has 0 aromatic heterocycles. The van der Waals surface area contributed by atoms with Crippen LogP contribution in [0.15, 0.2) is 72.8 Å². The predicted octanol–water partition coefficient (Wildman–Crippen LogP) is 3.45. The van der Waals surface area contributed by atoms with Gasteiger partial charge in [-0.25, -0.2) is 0 Å². The molecule has 5 rings (SSSR count). The van der Waals surface area contributed by atoms with Gasteiger partial charge in [-0.2, -0.15) is 0 Å². The lowest BCUT2D eigenvalue weighted by Gasteiger charge is -2.26. The van der Waals surface area contributed by atoms with Crippen molar-refractivity contribution in [3.05, 3.63) is 88.9 Å². The van der Waals surface area contributed by atoms with E-state index in [1.165, 1.54) is 4.90 Å². The maximum absolute atomic E-state index is 13.6. The molecule has 13 nitrogen and oxygen atoms in total. The first-order valence-corrected chi connectivity index (χ1v) is 17.8. The molecule has 276 valence electrons. The Morgan fingerprint density at radius 3 is 2.40 bits per heavy atom. The molecule has 0 unspecified atom stereocenters. The monoisotopic (exact) mass is 733 g/mol. The van der Waals surface area contributed by atoms with Gasteiger partial charge in [-0.15, -0.1) is 0 Å². The Morgan fingerprint density at radius 2 is 1.63 bits per heavy atom. The molecule has 1 fully saturated rings. The van der Waals surface area contributed by atoms with E-state index in [0.29, 0.717) is 47.2 Å². The third kappa shape index (κ3) is 10.6. The van der Waals surface area contributed by atoms with Crippen molar-refractivity contribution < 1.29 is 38.2 Å². The highest BCUT2D eigenvalue weighted by molar-refractivity contribution is 6.30. The number of fused-ring (bicyclic) bond motifs is 3. The molecule has 2 aliphatic heterocycles. The second kappa shape index (κ2) is 18.8. The summed E-state index contributed by atoms with van der Waals surface area (Å²) < 4.78 is 17.7. The maximum atomic E-state index is 13.6. The number of benzene rings is 3. The minimum atomic E-state index is -1.04. The maximum Gasteiger partial charge on any atom is 0.257 e. The average molecular weight is 734 g/mol. The molecule has 0 bridgehead atoms. The average Bonchev–Trinajstić information content (AvgIpc) is 3.63. The zero-order valence-electron chi connectivity index (χ0n) is 29.1. The number of likely N-dealkylation sites (N-methyl/N-ethyl adjacent to an activating group) is 1. The molecule has 5 amide bonds. The van der Waals surface area contributed by atoms with Gasteiger partial charge < -0.3 is 40.0 Å². The van der Waals surface area contributed by atoms with Crippen LogP contribution >= 0.6 is 11.6 Å². The number of nitrogens with one attached hydrogen (secondary N) is 3. The van der Waals surface area contributed by atoms with Crippen LogP contribution in [-0.2, 0) is 14.4 Å². The van der Waals surface area contributed by atoms with Crippen LogP contribution in [0.5, 0.6) is 17.2 Å². The molecule has 2 heterocycles. The topological polar surface area (TPSA) is 156 Å². The van der Waals surface area contributed by atoms with E-state index in [1.807, 2.05) is 0 Å². The molecule has 3 aromatic carbocycles. The van der Waals surface area contributed by atoms with Gasteiger partial charge in [0.1, 0.15) is 36.5 Å². The number of ether oxygens (including phenoxy) is 3. The van der Waals surface area contributed by atoms with E-state index in [2.05, 4.69) is 16.0 Å². The lowest BCUT2D eigenvalue weighted by molar-refractivity contribution is -0.133. The third-order valence-corrected chi connectivity index (χ3v) is 9.01. The zero-order chi connectivity index (χ0) is 36.9. The molecule has 52 heavy (non-hydrogen) atoms. The highest BCUT2D eigenvalue weighted by Gasteiger charge is 2.31. The van der Waals surface area contributed by atoms with Crippen molar-refractivity contribution in [1.29, 1.82) is 0 Å². The van der Waals surface area contributed by atoms with Gasteiger partial charge in [0.05, 0.1) is 36.9 Å². The van der Waals surface area contributed by atoms with Crippen LogP contribution in [0.4, 0.5) is 0 Å². The lowest BCUT2D eigenvalue weighted by atomic mass is 10.1. The fraction of sp³-hybridized carbons (Fsp3) is 0.395. The van der Waals surface area contributed by atoms with Crippen LogP contribution in [0.3, 0.4) is 0 Å². The van der Waals surface area contributed by atoms with Crippen molar-refractivity contribution in [1.82, 2.24) is 25.8 Å². The van der Waals surface area contributed by atoms with Gasteiger partial charge in [0.2, 0.25) is 17.7 Å². The Morgan fingerprint density at radius 1 is 0.923 bits per heavy atom. The molecule has 3 N–H and O–H groups in total. The molecule has 0 aliphatic carbocycles. The van der Waals surface area contributed by atoms with Crippen molar-refractivity contribution in [3.8, 4) is 17.2 Å². The zero-order valence-corrected chi connectivity index (χ0v) is 29.9. The first kappa shape index (κ1) is 37.9. The summed E-state index contributed by atoms with van der Waals surface area (Å²) in [5.41, 5.74) is 0.527. The first-order valence-electron chi connectivity index (χ1n) is 17.4. The summed E-state index contributed by atoms with van der Waals surface area (Å²) in [4.78, 5) is 69.7. The number of halogens is 1. The summed E-state index contributed by atoms with van der Waals surface area (Å²) in [6, 6.07) is 19.0. The number of nitrogens with zero attached hydrogens (tertiary/aromatic N) is 2. The number of carbonyl (C=O) groups excluding carboxylic acids is 5. The van der Waals surface area contributed by atoms with Crippen molar-refractivity contribution in [2.75, 3.05) is 53.0 Å². The molecule has 0 spiro atoms. The predicted molar refractivity (Wildman–Crippen MR) is 194 cm³/mol. The molecule has 0 saturated carbocycles. The Balaban J connectivity index is 1.32. The molecule has 3 aromatic rings. The number of carbonyl (C=O) groups is 5. The van der Waals surface area contributed by atoms with Crippen molar-refractivity contribution >= 4 is 41.1 Å². The van der Waals surface area contributed by atoms with Gasteiger partial charge in [0.25, 0.3) is 11.8 Å². The van der Waals surface area contributed by atoms with E-state index >= 15 is 0 Å². The molecule has 14 heteroatoms. The van der Waals surface area contributed by atoms with E-state index in [1.54, 1.807) is 84.7 Å². The minimum absolute atomic E-state index is 0.00478. The van der Waals surface area contributed by atoms with Crippen molar-refractivity contribution in [2.24, 2.45) is 0 Å². The van der Waals surface area contributed by atoms with Gasteiger partial charge in [0.15, 0.2) is 0 Å². The fourth-order valence-electron chi connectivity index (χ4n) is 6.02. The van der Waals surface area contributed by atoms with E-state index in [-0.39, 0.29) is 81.6 Å². The molecular formula is C38H44ClN5O8. The molecule has 2 atom stereocenters. The highest BCUT2D eigenvalue weighted by Crippen LogP contribution is 2.25. The minimum Gasteiger partial charge on any atom is -0.493 e. The van der Waals surface area contributed by atoms with Crippen LogP contribution in [0.2, 0.25) is 5.02 Å². The van der Waals surface area contributed by atoms with Crippen LogP contribution in [0.1, 0.15) is 52.8 Å². The number of para-hydroxylation sites is 2. The highest BCUT2D eigenvalue weighted by atomic mass is 35.5. The van der Waals surface area contributed by atoms with Crippen LogP contribution in [0.25, 0.3) is 0 Å². The van der Waals surface area contributed by atoms with Gasteiger partial charge in [-0.3, -0.25) is 24.0 Å². The second-order valence-corrected chi connectivity index (χ2v) is 13.0. The largest absolute Gasteiger partial charge is 0.493 e. The Kier molecular flexibility index (Phi) is 13.7. The summed E-state index contributed by atoms with van der Waals surface area (Å²) in [7, 11) is 1.55. The van der Waals surface area contributed by atoms with Crippen LogP contribution < -0.4 is 30.2 Å². The lowest BCUT2D eigenvalue weighted by Crippen LogP contribution is -2.48. The smallest absolute Gasteiger partial charge is 0.257 e. The van der Waals surface area contributed by atoms with Gasteiger partial charge in [-0.05, 0) is 74.2 Å². The Labute approximate surface area is 307 Å². The molecule has 2 aliphatic rings.